The van der Waals surface area contributed by atoms with Crippen LogP contribution in [0.1, 0.15) is 83.9 Å². The lowest BCUT2D eigenvalue weighted by Gasteiger charge is -2.27. The molecule has 298 valence electrons. The number of rotatable bonds is 21. The van der Waals surface area contributed by atoms with E-state index >= 15 is 0 Å². The van der Waals surface area contributed by atoms with Crippen molar-refractivity contribution in [1.29, 1.82) is 0 Å². The predicted octanol–water partition coefficient (Wildman–Crippen LogP) is 5.84. The Kier molecular flexibility index (Phi) is 16.7. The Labute approximate surface area is 323 Å². The summed E-state index contributed by atoms with van der Waals surface area (Å²) in [4.78, 5) is 29.2. The van der Waals surface area contributed by atoms with Gasteiger partial charge in [-0.1, -0.05) is 47.5 Å². The maximum absolute atomic E-state index is 14.3. The monoisotopic (exact) mass is 785 g/mol. The highest BCUT2D eigenvalue weighted by Gasteiger charge is 2.28. The Morgan fingerprint density at radius 1 is 0.667 bits per heavy atom. The fourth-order valence-corrected chi connectivity index (χ4v) is 10.4. The van der Waals surface area contributed by atoms with Gasteiger partial charge in [-0.25, -0.2) is 27.0 Å². The molecular weight excluding hydrogens is 727 g/mol. The molecule has 0 bridgehead atoms. The smallest absolute Gasteiger partial charge is 0.243 e. The van der Waals surface area contributed by atoms with E-state index in [0.29, 0.717) is 67.4 Å². The SMILES string of the molecule is Cc1cc(C)c(S(=O)(=O)NCCCCN(CCCN(Cc2ccc(N(C)C)cc2)C(=O)CCCCC(=O)NO)S(=O)(=O)c2c(C)cc(C)cc2C)c(C)c1. The summed E-state index contributed by atoms with van der Waals surface area (Å²) >= 11 is 0. The number of hydrogen-bond acceptors (Lipinski definition) is 8. The van der Waals surface area contributed by atoms with E-state index in [4.69, 9.17) is 5.21 Å². The predicted molar refractivity (Wildman–Crippen MR) is 214 cm³/mol. The number of unbranched alkanes of at least 4 members (excludes halogenated alkanes) is 2. The molecule has 0 aromatic heterocycles. The van der Waals surface area contributed by atoms with Crippen molar-refractivity contribution in [2.45, 2.75) is 103 Å². The summed E-state index contributed by atoms with van der Waals surface area (Å²) in [6.45, 7) is 12.1. The Morgan fingerprint density at radius 2 is 1.19 bits per heavy atom. The van der Waals surface area contributed by atoms with Crippen molar-refractivity contribution in [3.63, 3.8) is 0 Å². The van der Waals surface area contributed by atoms with E-state index in [2.05, 4.69) is 4.72 Å². The summed E-state index contributed by atoms with van der Waals surface area (Å²) in [5, 5.41) is 8.79. The van der Waals surface area contributed by atoms with E-state index < -0.39 is 26.0 Å². The number of hydrogen-bond donors (Lipinski definition) is 3. The standard InChI is InChI=1S/C40H59N5O7S2/c1-29-24-31(3)39(32(4)25-29)53(49,50)41-20-11-12-22-45(54(51,52)40-33(5)26-30(2)27-34(40)6)23-13-21-44(38(47)15-10-9-14-37(46)42-48)28-35-16-18-36(19-17-35)43(7)8/h16-19,24-27,41,48H,9-15,20-23,28H2,1-8H3,(H,42,46). The number of aryl methyl sites for hydroxylation is 6. The van der Waals surface area contributed by atoms with Gasteiger partial charge in [-0.05, 0) is 114 Å². The minimum absolute atomic E-state index is 0.104. The van der Waals surface area contributed by atoms with Crippen molar-refractivity contribution >= 4 is 37.5 Å². The number of sulfonamides is 2. The topological polar surface area (TPSA) is 156 Å². The number of hydroxylamine groups is 1. The van der Waals surface area contributed by atoms with Gasteiger partial charge < -0.3 is 9.80 Å². The molecule has 3 rings (SSSR count). The highest BCUT2D eigenvalue weighted by molar-refractivity contribution is 7.89. The van der Waals surface area contributed by atoms with Gasteiger partial charge >= 0.3 is 0 Å². The highest BCUT2D eigenvalue weighted by Crippen LogP contribution is 2.27. The van der Waals surface area contributed by atoms with E-state index in [0.717, 1.165) is 22.4 Å². The number of amides is 2. The summed E-state index contributed by atoms with van der Waals surface area (Å²) in [6, 6.07) is 15.3. The Bertz CT molecular complexity index is 1920. The molecule has 0 aliphatic rings. The quantitative estimate of drug-likeness (QED) is 0.0692. The molecule has 0 radical (unpaired) electrons. The summed E-state index contributed by atoms with van der Waals surface area (Å²) in [7, 11) is -3.80. The molecule has 54 heavy (non-hydrogen) atoms. The molecule has 14 heteroatoms. The van der Waals surface area contributed by atoms with Crippen molar-refractivity contribution in [3.8, 4) is 0 Å². The molecule has 12 nitrogen and oxygen atoms in total. The fourth-order valence-electron chi connectivity index (χ4n) is 6.96. The van der Waals surface area contributed by atoms with E-state index in [1.165, 1.54) is 4.31 Å². The van der Waals surface area contributed by atoms with Crippen molar-refractivity contribution in [1.82, 2.24) is 19.4 Å². The normalized spacial score (nSPS) is 11.9. The van der Waals surface area contributed by atoms with E-state index in [1.807, 2.05) is 81.4 Å². The third-order valence-electron chi connectivity index (χ3n) is 9.39. The second kappa shape index (κ2) is 20.2. The molecular formula is C40H59N5O7S2. The minimum atomic E-state index is -3.94. The molecule has 0 aliphatic heterocycles. The van der Waals surface area contributed by atoms with Crippen LogP contribution in [0.25, 0.3) is 0 Å². The van der Waals surface area contributed by atoms with Crippen molar-refractivity contribution in [2.75, 3.05) is 45.2 Å². The molecule has 0 aliphatic carbocycles. The first-order chi connectivity index (χ1) is 25.4. The van der Waals surface area contributed by atoms with Crippen LogP contribution in [0, 0.1) is 41.5 Å². The van der Waals surface area contributed by atoms with Crippen LogP contribution in [-0.2, 0) is 36.2 Å². The minimum Gasteiger partial charge on any atom is -0.378 e. The highest BCUT2D eigenvalue weighted by atomic mass is 32.2. The molecule has 2 amide bonds. The van der Waals surface area contributed by atoms with Gasteiger partial charge in [0.25, 0.3) is 0 Å². The van der Waals surface area contributed by atoms with Crippen LogP contribution in [0.5, 0.6) is 0 Å². The van der Waals surface area contributed by atoms with Crippen LogP contribution >= 0.6 is 0 Å². The zero-order chi connectivity index (χ0) is 40.2. The first kappa shape index (κ1) is 44.6. The molecule has 0 fully saturated rings. The molecule has 3 N–H and O–H groups in total. The van der Waals surface area contributed by atoms with Gasteiger partial charge in [0.1, 0.15) is 0 Å². The first-order valence-corrected chi connectivity index (χ1v) is 21.4. The molecule has 0 saturated carbocycles. The van der Waals surface area contributed by atoms with Gasteiger partial charge in [0.05, 0.1) is 9.79 Å². The lowest BCUT2D eigenvalue weighted by atomic mass is 10.1. The largest absolute Gasteiger partial charge is 0.378 e. The van der Waals surface area contributed by atoms with Gasteiger partial charge in [-0.3, -0.25) is 14.8 Å². The summed E-state index contributed by atoms with van der Waals surface area (Å²) in [5.74, 6) is -0.614. The third kappa shape index (κ3) is 12.6. The molecule has 3 aromatic carbocycles. The zero-order valence-corrected chi connectivity index (χ0v) is 34.8. The molecule has 0 unspecified atom stereocenters. The Balaban J connectivity index is 1.78. The molecule has 0 heterocycles. The summed E-state index contributed by atoms with van der Waals surface area (Å²) < 4.78 is 59.2. The number of anilines is 1. The average Bonchev–Trinajstić information content (AvgIpc) is 3.07. The second-order valence-corrected chi connectivity index (χ2v) is 18.0. The van der Waals surface area contributed by atoms with Crippen molar-refractivity contribution < 1.29 is 31.6 Å². The Morgan fingerprint density at radius 3 is 1.72 bits per heavy atom. The van der Waals surface area contributed by atoms with Crippen LogP contribution in [0.4, 0.5) is 5.69 Å². The van der Waals surface area contributed by atoms with Gasteiger partial charge in [-0.15, -0.1) is 0 Å². The summed E-state index contributed by atoms with van der Waals surface area (Å²) in [5.41, 5.74) is 8.18. The van der Waals surface area contributed by atoms with Crippen LogP contribution in [0.3, 0.4) is 0 Å². The molecule has 3 aromatic rings. The van der Waals surface area contributed by atoms with Crippen LogP contribution in [0.15, 0.2) is 58.3 Å². The number of nitrogens with one attached hydrogen (secondary N) is 2. The van der Waals surface area contributed by atoms with Gasteiger partial charge in [-0.2, -0.15) is 4.31 Å². The number of carbonyl (C=O) groups excluding carboxylic acids is 2. The number of benzene rings is 3. The second-order valence-electron chi connectivity index (χ2n) is 14.4. The molecule has 0 atom stereocenters. The van der Waals surface area contributed by atoms with Crippen LogP contribution in [0.2, 0.25) is 0 Å². The van der Waals surface area contributed by atoms with Crippen molar-refractivity contribution in [3.05, 3.63) is 87.5 Å². The van der Waals surface area contributed by atoms with Crippen LogP contribution in [-0.4, -0.2) is 83.3 Å². The maximum Gasteiger partial charge on any atom is 0.243 e. The lowest BCUT2D eigenvalue weighted by Crippen LogP contribution is -2.37. The van der Waals surface area contributed by atoms with E-state index in [9.17, 15) is 26.4 Å². The zero-order valence-electron chi connectivity index (χ0n) is 33.2. The molecule has 0 saturated heterocycles. The van der Waals surface area contributed by atoms with Gasteiger partial charge in [0.2, 0.25) is 31.9 Å². The lowest BCUT2D eigenvalue weighted by molar-refractivity contribution is -0.133. The van der Waals surface area contributed by atoms with Crippen molar-refractivity contribution in [2.24, 2.45) is 0 Å². The summed E-state index contributed by atoms with van der Waals surface area (Å²) in [6.07, 6.45) is 2.41. The van der Waals surface area contributed by atoms with E-state index in [1.54, 1.807) is 38.1 Å². The number of carbonyl (C=O) groups is 2. The van der Waals surface area contributed by atoms with Gasteiger partial charge in [0, 0.05) is 65.3 Å². The maximum atomic E-state index is 14.3. The molecule has 0 spiro atoms. The fraction of sp³-hybridized carbons (Fsp3) is 0.500. The van der Waals surface area contributed by atoms with E-state index in [-0.39, 0.29) is 48.2 Å². The number of nitrogens with zero attached hydrogens (tertiary/aromatic N) is 3. The average molecular weight is 786 g/mol. The first-order valence-electron chi connectivity index (χ1n) is 18.5. The van der Waals surface area contributed by atoms with Crippen LogP contribution < -0.4 is 15.1 Å². The van der Waals surface area contributed by atoms with Gasteiger partial charge in [0.15, 0.2) is 0 Å². The Hall–Kier alpha value is -3.82. The third-order valence-corrected chi connectivity index (χ3v) is 13.4.